The van der Waals surface area contributed by atoms with Gasteiger partial charge in [-0.1, -0.05) is 42.5 Å². The molecule has 1 N–H and O–H groups in total. The topological polar surface area (TPSA) is 81.4 Å². The van der Waals surface area contributed by atoms with Crippen LogP contribution in [-0.4, -0.2) is 31.5 Å². The van der Waals surface area contributed by atoms with Crippen molar-refractivity contribution in [2.24, 2.45) is 0 Å². The fourth-order valence-electron chi connectivity index (χ4n) is 2.46. The molecule has 1 unspecified atom stereocenters. The maximum Gasteiger partial charge on any atom is 0.244 e. The lowest BCUT2D eigenvalue weighted by molar-refractivity contribution is 0.240. The van der Waals surface area contributed by atoms with Crippen molar-refractivity contribution in [1.82, 2.24) is 4.31 Å². The predicted molar refractivity (Wildman–Crippen MR) is 87.0 cm³/mol. The molecule has 0 radical (unpaired) electrons. The molecule has 0 aliphatic rings. The Hall–Kier alpha value is -2.20. The summed E-state index contributed by atoms with van der Waals surface area (Å²) in [5.74, 6) is 0. The number of nitriles is 1. The molecule has 0 aliphatic heterocycles. The summed E-state index contributed by atoms with van der Waals surface area (Å²) in [4.78, 5) is -0.0242. The Bertz CT molecular complexity index is 798. The van der Waals surface area contributed by atoms with Gasteiger partial charge in [0, 0.05) is 13.7 Å². The molecule has 6 heteroatoms. The molecule has 0 amide bonds. The van der Waals surface area contributed by atoms with E-state index in [1.54, 1.807) is 12.1 Å². The summed E-state index contributed by atoms with van der Waals surface area (Å²) in [6, 6.07) is 16.7. The molecule has 2 rings (SSSR count). The first-order valence-electron chi connectivity index (χ1n) is 7.15. The number of nitrogens with zero attached hydrogens (tertiary/aromatic N) is 2. The summed E-state index contributed by atoms with van der Waals surface area (Å²) in [6.45, 7) is -0.140. The van der Waals surface area contributed by atoms with E-state index in [0.717, 1.165) is 5.56 Å². The van der Waals surface area contributed by atoms with Gasteiger partial charge in [-0.3, -0.25) is 0 Å². The molecule has 23 heavy (non-hydrogen) atoms. The SMILES string of the molecule is CN(C(CCO)c1ccccc1)S(=O)(=O)c1ccccc1C#N. The average molecular weight is 330 g/mol. The summed E-state index contributed by atoms with van der Waals surface area (Å²) < 4.78 is 27.0. The lowest BCUT2D eigenvalue weighted by Crippen LogP contribution is -2.32. The molecule has 0 saturated heterocycles. The molecule has 0 fully saturated rings. The Kier molecular flexibility index (Phi) is 5.50. The molecule has 0 spiro atoms. The number of hydrogen-bond donors (Lipinski definition) is 1. The van der Waals surface area contributed by atoms with E-state index >= 15 is 0 Å². The molecular weight excluding hydrogens is 312 g/mol. The van der Waals surface area contributed by atoms with Crippen molar-refractivity contribution in [3.8, 4) is 6.07 Å². The van der Waals surface area contributed by atoms with Crippen molar-refractivity contribution in [3.05, 3.63) is 65.7 Å². The monoisotopic (exact) mass is 330 g/mol. The summed E-state index contributed by atoms with van der Waals surface area (Å²) in [7, 11) is -2.38. The first-order valence-corrected chi connectivity index (χ1v) is 8.59. The van der Waals surface area contributed by atoms with Crippen LogP contribution in [-0.2, 0) is 10.0 Å². The first kappa shape index (κ1) is 17.2. The summed E-state index contributed by atoms with van der Waals surface area (Å²) >= 11 is 0. The molecule has 0 saturated carbocycles. The van der Waals surface area contributed by atoms with Crippen LogP contribution in [0.25, 0.3) is 0 Å². The second-order valence-electron chi connectivity index (χ2n) is 5.07. The third-order valence-corrected chi connectivity index (χ3v) is 5.61. The van der Waals surface area contributed by atoms with Gasteiger partial charge in [0.15, 0.2) is 0 Å². The highest BCUT2D eigenvalue weighted by molar-refractivity contribution is 7.89. The van der Waals surface area contributed by atoms with Gasteiger partial charge in [-0.25, -0.2) is 8.42 Å². The van der Waals surface area contributed by atoms with E-state index in [4.69, 9.17) is 5.26 Å². The lowest BCUT2D eigenvalue weighted by atomic mass is 10.0. The fourth-order valence-corrected chi connectivity index (χ4v) is 3.98. The van der Waals surface area contributed by atoms with Crippen LogP contribution >= 0.6 is 0 Å². The molecule has 2 aromatic carbocycles. The number of benzene rings is 2. The minimum atomic E-state index is -3.85. The molecule has 0 bridgehead atoms. The smallest absolute Gasteiger partial charge is 0.244 e. The molecule has 2 aromatic rings. The van der Waals surface area contributed by atoms with E-state index in [2.05, 4.69) is 0 Å². The van der Waals surface area contributed by atoms with Gasteiger partial charge in [-0.15, -0.1) is 0 Å². The largest absolute Gasteiger partial charge is 0.396 e. The molecule has 0 aromatic heterocycles. The van der Waals surface area contributed by atoms with Gasteiger partial charge in [0.25, 0.3) is 0 Å². The van der Waals surface area contributed by atoms with E-state index in [-0.39, 0.29) is 23.5 Å². The number of hydrogen-bond acceptors (Lipinski definition) is 4. The second kappa shape index (κ2) is 7.38. The molecule has 120 valence electrons. The summed E-state index contributed by atoms with van der Waals surface area (Å²) in [6.07, 6.45) is 0.272. The number of aliphatic hydroxyl groups excluding tert-OH is 1. The summed E-state index contributed by atoms with van der Waals surface area (Å²) in [5.41, 5.74) is 0.900. The van der Waals surface area contributed by atoms with Crippen molar-refractivity contribution in [2.45, 2.75) is 17.4 Å². The van der Waals surface area contributed by atoms with Crippen LogP contribution in [0.1, 0.15) is 23.6 Å². The molecule has 0 heterocycles. The number of aliphatic hydroxyl groups is 1. The molecule has 1 atom stereocenters. The number of rotatable bonds is 6. The first-order chi connectivity index (χ1) is 11.0. The molecular formula is C17H18N2O3S. The van der Waals surface area contributed by atoms with Crippen molar-refractivity contribution >= 4 is 10.0 Å². The summed E-state index contributed by atoms with van der Waals surface area (Å²) in [5, 5.41) is 18.5. The van der Waals surface area contributed by atoms with Crippen LogP contribution in [0.5, 0.6) is 0 Å². The van der Waals surface area contributed by atoms with Crippen LogP contribution in [0.2, 0.25) is 0 Å². The molecule has 0 aliphatic carbocycles. The third kappa shape index (κ3) is 3.59. The lowest BCUT2D eigenvalue weighted by Gasteiger charge is -2.27. The van der Waals surface area contributed by atoms with Crippen LogP contribution in [0.3, 0.4) is 0 Å². The highest BCUT2D eigenvalue weighted by atomic mass is 32.2. The van der Waals surface area contributed by atoms with Crippen LogP contribution in [0, 0.1) is 11.3 Å². The second-order valence-corrected chi connectivity index (χ2v) is 7.03. The Morgan fingerprint density at radius 2 is 1.74 bits per heavy atom. The highest BCUT2D eigenvalue weighted by Gasteiger charge is 2.30. The van der Waals surface area contributed by atoms with Gasteiger partial charge in [0.2, 0.25) is 10.0 Å². The van der Waals surface area contributed by atoms with Gasteiger partial charge in [0.05, 0.1) is 16.5 Å². The van der Waals surface area contributed by atoms with E-state index < -0.39 is 16.1 Å². The van der Waals surface area contributed by atoms with Gasteiger partial charge < -0.3 is 5.11 Å². The fraction of sp³-hybridized carbons (Fsp3) is 0.235. The Morgan fingerprint density at radius 1 is 1.13 bits per heavy atom. The normalized spacial score (nSPS) is 12.8. The zero-order chi connectivity index (χ0) is 16.9. The maximum atomic E-state index is 12.9. The zero-order valence-corrected chi connectivity index (χ0v) is 13.6. The standard InChI is InChI=1S/C17H18N2O3S/c1-19(16(11-12-20)14-7-3-2-4-8-14)23(21,22)17-10-6-5-9-15(17)13-18/h2-10,16,20H,11-12H2,1H3. The zero-order valence-electron chi connectivity index (χ0n) is 12.8. The number of sulfonamides is 1. The van der Waals surface area contributed by atoms with Crippen molar-refractivity contribution in [3.63, 3.8) is 0 Å². The third-order valence-electron chi connectivity index (χ3n) is 3.69. The Labute approximate surface area is 136 Å². The Balaban J connectivity index is 2.47. The van der Waals surface area contributed by atoms with E-state index in [1.165, 1.54) is 23.5 Å². The van der Waals surface area contributed by atoms with E-state index in [1.807, 2.05) is 36.4 Å². The minimum Gasteiger partial charge on any atom is -0.396 e. The molecule has 5 nitrogen and oxygen atoms in total. The average Bonchev–Trinajstić information content (AvgIpc) is 2.59. The van der Waals surface area contributed by atoms with Crippen LogP contribution < -0.4 is 0 Å². The van der Waals surface area contributed by atoms with Crippen molar-refractivity contribution < 1.29 is 13.5 Å². The van der Waals surface area contributed by atoms with Crippen molar-refractivity contribution in [1.29, 1.82) is 5.26 Å². The quantitative estimate of drug-likeness (QED) is 0.881. The van der Waals surface area contributed by atoms with Crippen LogP contribution in [0.15, 0.2) is 59.5 Å². The van der Waals surface area contributed by atoms with Gasteiger partial charge in [-0.2, -0.15) is 9.57 Å². The Morgan fingerprint density at radius 3 is 2.35 bits per heavy atom. The minimum absolute atomic E-state index is 0.0242. The van der Waals surface area contributed by atoms with Gasteiger partial charge >= 0.3 is 0 Å². The maximum absolute atomic E-state index is 12.9. The van der Waals surface area contributed by atoms with E-state index in [9.17, 15) is 13.5 Å². The van der Waals surface area contributed by atoms with Crippen LogP contribution in [0.4, 0.5) is 0 Å². The van der Waals surface area contributed by atoms with E-state index in [0.29, 0.717) is 0 Å². The van der Waals surface area contributed by atoms with Gasteiger partial charge in [0.1, 0.15) is 6.07 Å². The predicted octanol–water partition coefficient (Wildman–Crippen LogP) is 2.30. The highest BCUT2D eigenvalue weighted by Crippen LogP contribution is 2.29. The van der Waals surface area contributed by atoms with Gasteiger partial charge in [-0.05, 0) is 24.1 Å². The van der Waals surface area contributed by atoms with Crippen molar-refractivity contribution in [2.75, 3.05) is 13.7 Å².